The molecular formula is C30H36N6O8. The largest absolute Gasteiger partial charge is 0.481 e. The Labute approximate surface area is 252 Å². The monoisotopic (exact) mass is 608 g/mol. The second kappa shape index (κ2) is 15.8. The number of benzene rings is 2. The number of aromatic nitrogens is 1. The molecule has 4 amide bonds. The molecule has 1 aromatic heterocycles. The second-order valence-corrected chi connectivity index (χ2v) is 10.3. The third kappa shape index (κ3) is 9.94. The summed E-state index contributed by atoms with van der Waals surface area (Å²) in [6.07, 6.45) is 0.368. The number of carboxylic acid groups (broad SMARTS) is 2. The summed E-state index contributed by atoms with van der Waals surface area (Å²) in [4.78, 5) is 77.2. The molecule has 3 rings (SSSR count). The van der Waals surface area contributed by atoms with Gasteiger partial charge in [-0.1, -0.05) is 48.5 Å². The topological polar surface area (TPSA) is 247 Å². The number of primary amides is 1. The Kier molecular flexibility index (Phi) is 12.0. The first-order valence-electron chi connectivity index (χ1n) is 13.9. The molecule has 0 bridgehead atoms. The quantitative estimate of drug-likeness (QED) is 0.102. The van der Waals surface area contributed by atoms with E-state index >= 15 is 0 Å². The molecule has 4 unspecified atom stereocenters. The molecule has 2 aromatic carbocycles. The zero-order valence-corrected chi connectivity index (χ0v) is 23.8. The summed E-state index contributed by atoms with van der Waals surface area (Å²) in [5.41, 5.74) is 13.7. The van der Waals surface area contributed by atoms with Crippen molar-refractivity contribution in [3.05, 3.63) is 71.9 Å². The SMILES string of the molecule is NC(=O)CCC(NC(=O)C(N)Cc1c[nH]c2ccccc12)C(=O)NC(CCC(=O)O)C(=O)NC(Cc1ccccc1)C(=O)O. The van der Waals surface area contributed by atoms with Gasteiger partial charge in [-0.2, -0.15) is 0 Å². The van der Waals surface area contributed by atoms with Gasteiger partial charge < -0.3 is 42.6 Å². The van der Waals surface area contributed by atoms with Gasteiger partial charge in [0, 0.05) is 36.4 Å². The van der Waals surface area contributed by atoms with Crippen LogP contribution in [0.1, 0.15) is 36.8 Å². The van der Waals surface area contributed by atoms with E-state index in [1.165, 1.54) is 0 Å². The number of para-hydroxylation sites is 1. The molecule has 14 heteroatoms. The molecule has 4 atom stereocenters. The lowest BCUT2D eigenvalue weighted by Gasteiger charge is -2.25. The highest BCUT2D eigenvalue weighted by Gasteiger charge is 2.31. The Balaban J connectivity index is 1.73. The second-order valence-electron chi connectivity index (χ2n) is 10.3. The number of amides is 4. The number of aliphatic carboxylic acids is 2. The van der Waals surface area contributed by atoms with E-state index in [2.05, 4.69) is 20.9 Å². The number of aromatic amines is 1. The van der Waals surface area contributed by atoms with Crippen molar-refractivity contribution in [2.24, 2.45) is 11.5 Å². The minimum atomic E-state index is -1.47. The number of carbonyl (C=O) groups excluding carboxylic acids is 4. The minimum Gasteiger partial charge on any atom is -0.481 e. The van der Waals surface area contributed by atoms with Gasteiger partial charge in [0.1, 0.15) is 18.1 Å². The molecule has 14 nitrogen and oxygen atoms in total. The molecule has 0 fully saturated rings. The first-order chi connectivity index (χ1) is 20.9. The number of rotatable bonds is 17. The van der Waals surface area contributed by atoms with Gasteiger partial charge >= 0.3 is 11.9 Å². The first-order valence-corrected chi connectivity index (χ1v) is 13.9. The maximum absolute atomic E-state index is 13.3. The Morgan fingerprint density at radius 3 is 1.91 bits per heavy atom. The van der Waals surface area contributed by atoms with E-state index in [9.17, 15) is 39.0 Å². The summed E-state index contributed by atoms with van der Waals surface area (Å²) in [6.45, 7) is 0. The van der Waals surface area contributed by atoms with Gasteiger partial charge in [-0.05, 0) is 36.5 Å². The third-order valence-corrected chi connectivity index (χ3v) is 6.94. The maximum Gasteiger partial charge on any atom is 0.326 e. The number of fused-ring (bicyclic) bond motifs is 1. The molecule has 0 saturated heterocycles. The molecule has 0 aliphatic rings. The van der Waals surface area contributed by atoms with Crippen molar-refractivity contribution in [3.63, 3.8) is 0 Å². The molecule has 10 N–H and O–H groups in total. The molecule has 0 saturated carbocycles. The fraction of sp³-hybridized carbons (Fsp3) is 0.333. The molecule has 44 heavy (non-hydrogen) atoms. The highest BCUT2D eigenvalue weighted by atomic mass is 16.4. The van der Waals surface area contributed by atoms with Crippen LogP contribution in [0.4, 0.5) is 0 Å². The van der Waals surface area contributed by atoms with Crippen LogP contribution in [0.3, 0.4) is 0 Å². The summed E-state index contributed by atoms with van der Waals surface area (Å²) in [7, 11) is 0. The van der Waals surface area contributed by atoms with E-state index in [0.29, 0.717) is 5.56 Å². The van der Waals surface area contributed by atoms with E-state index < -0.39 is 66.2 Å². The Morgan fingerprint density at radius 2 is 1.30 bits per heavy atom. The maximum atomic E-state index is 13.3. The zero-order chi connectivity index (χ0) is 32.2. The lowest BCUT2D eigenvalue weighted by atomic mass is 10.0. The smallest absolute Gasteiger partial charge is 0.326 e. The van der Waals surface area contributed by atoms with Gasteiger partial charge in [-0.25, -0.2) is 4.79 Å². The van der Waals surface area contributed by atoms with Crippen LogP contribution in [0.5, 0.6) is 0 Å². The number of carbonyl (C=O) groups is 6. The lowest BCUT2D eigenvalue weighted by molar-refractivity contribution is -0.143. The van der Waals surface area contributed by atoms with E-state index in [0.717, 1.165) is 16.5 Å². The van der Waals surface area contributed by atoms with Crippen LogP contribution in [-0.4, -0.2) is 74.9 Å². The van der Waals surface area contributed by atoms with Crippen LogP contribution in [0, 0.1) is 0 Å². The average molecular weight is 609 g/mol. The molecule has 3 aromatic rings. The molecular weight excluding hydrogens is 572 g/mol. The van der Waals surface area contributed by atoms with Crippen molar-refractivity contribution >= 4 is 46.5 Å². The van der Waals surface area contributed by atoms with Crippen LogP contribution in [0.25, 0.3) is 10.9 Å². The number of hydrogen-bond acceptors (Lipinski definition) is 7. The fourth-order valence-electron chi connectivity index (χ4n) is 4.60. The van der Waals surface area contributed by atoms with E-state index in [1.54, 1.807) is 36.5 Å². The summed E-state index contributed by atoms with van der Waals surface area (Å²) >= 11 is 0. The summed E-state index contributed by atoms with van der Waals surface area (Å²) < 4.78 is 0. The van der Waals surface area contributed by atoms with Crippen molar-refractivity contribution in [1.82, 2.24) is 20.9 Å². The summed E-state index contributed by atoms with van der Waals surface area (Å²) in [5, 5.41) is 27.0. The number of carboxylic acids is 2. The lowest BCUT2D eigenvalue weighted by Crippen LogP contribution is -2.57. The predicted octanol–water partition coefficient (Wildman–Crippen LogP) is -0.0503. The highest BCUT2D eigenvalue weighted by molar-refractivity contribution is 5.95. The zero-order valence-electron chi connectivity index (χ0n) is 23.8. The van der Waals surface area contributed by atoms with Crippen molar-refractivity contribution in [2.45, 2.75) is 62.7 Å². The molecule has 1 heterocycles. The van der Waals surface area contributed by atoms with E-state index in [4.69, 9.17) is 11.5 Å². The number of hydrogen-bond donors (Lipinski definition) is 8. The summed E-state index contributed by atoms with van der Waals surface area (Å²) in [6, 6.07) is 10.7. The van der Waals surface area contributed by atoms with Gasteiger partial charge in [0.25, 0.3) is 0 Å². The molecule has 0 radical (unpaired) electrons. The van der Waals surface area contributed by atoms with Crippen molar-refractivity contribution < 1.29 is 39.0 Å². The normalized spacial score (nSPS) is 13.7. The summed E-state index contributed by atoms with van der Waals surface area (Å²) in [5.74, 6) is -5.87. The third-order valence-electron chi connectivity index (χ3n) is 6.94. The van der Waals surface area contributed by atoms with Crippen LogP contribution in [-0.2, 0) is 41.6 Å². The van der Waals surface area contributed by atoms with Gasteiger partial charge in [-0.3, -0.25) is 24.0 Å². The number of nitrogens with two attached hydrogens (primary N) is 2. The Hall–Kier alpha value is -5.24. The predicted molar refractivity (Wildman–Crippen MR) is 159 cm³/mol. The van der Waals surface area contributed by atoms with Crippen molar-refractivity contribution in [2.75, 3.05) is 0 Å². The number of nitrogens with one attached hydrogen (secondary N) is 4. The number of H-pyrrole nitrogens is 1. The minimum absolute atomic E-state index is 0.0624. The fourth-order valence-corrected chi connectivity index (χ4v) is 4.60. The average Bonchev–Trinajstić information content (AvgIpc) is 3.39. The molecule has 0 aliphatic carbocycles. The molecule has 0 spiro atoms. The van der Waals surface area contributed by atoms with Crippen molar-refractivity contribution in [1.29, 1.82) is 0 Å². The van der Waals surface area contributed by atoms with Gasteiger partial charge in [0.15, 0.2) is 0 Å². The highest BCUT2D eigenvalue weighted by Crippen LogP contribution is 2.19. The molecule has 234 valence electrons. The van der Waals surface area contributed by atoms with Gasteiger partial charge in [0.2, 0.25) is 23.6 Å². The van der Waals surface area contributed by atoms with E-state index in [1.807, 2.05) is 24.3 Å². The Morgan fingerprint density at radius 1 is 0.727 bits per heavy atom. The van der Waals surface area contributed by atoms with Gasteiger partial charge in [-0.15, -0.1) is 0 Å². The van der Waals surface area contributed by atoms with Crippen molar-refractivity contribution in [3.8, 4) is 0 Å². The molecule has 0 aliphatic heterocycles. The van der Waals surface area contributed by atoms with Crippen LogP contribution in [0.15, 0.2) is 60.8 Å². The van der Waals surface area contributed by atoms with Crippen LogP contribution in [0.2, 0.25) is 0 Å². The standard InChI is InChI=1S/C30H36N6O8/c31-20(15-18-16-33-21-9-5-4-8-19(18)21)27(40)34-22(10-12-25(32)37)28(41)35-23(11-13-26(38)39)29(42)36-24(30(43)44)14-17-6-2-1-3-7-17/h1-9,16,20,22-24,33H,10-15,31H2,(H2,32,37)(H,34,40)(H,35,41)(H,36,42)(H,38,39)(H,43,44). The Bertz CT molecular complexity index is 1490. The van der Waals surface area contributed by atoms with Crippen LogP contribution >= 0.6 is 0 Å². The van der Waals surface area contributed by atoms with Crippen LogP contribution < -0.4 is 27.4 Å². The van der Waals surface area contributed by atoms with E-state index in [-0.39, 0.29) is 32.1 Å². The van der Waals surface area contributed by atoms with Gasteiger partial charge in [0.05, 0.1) is 6.04 Å². The first kappa shape index (κ1) is 33.3.